The van der Waals surface area contributed by atoms with Crippen LogP contribution in [0.1, 0.15) is 47.0 Å². The van der Waals surface area contributed by atoms with E-state index in [9.17, 15) is 71.5 Å². The van der Waals surface area contributed by atoms with E-state index in [-0.39, 0.29) is 18.4 Å². The summed E-state index contributed by atoms with van der Waals surface area (Å²) in [5.41, 5.74) is -3.79. The fraction of sp³-hybridized carbons (Fsp3) is 0.880. The van der Waals surface area contributed by atoms with Gasteiger partial charge < -0.3 is 14.2 Å². The zero-order valence-electron chi connectivity index (χ0n) is 25.3. The van der Waals surface area contributed by atoms with Crippen LogP contribution in [0.25, 0.3) is 0 Å². The van der Waals surface area contributed by atoms with Gasteiger partial charge in [-0.1, -0.05) is 40.4 Å². The maximum Gasteiger partial charge on any atom is 0.456 e. The Kier molecular flexibility index (Phi) is 13.5. The van der Waals surface area contributed by atoms with Crippen molar-refractivity contribution >= 4 is 26.0 Å². The molecule has 0 aromatic rings. The number of hydrogen-bond acceptors (Lipinski definition) is 6. The van der Waals surface area contributed by atoms with Gasteiger partial charge in [0, 0.05) is 8.07 Å². The number of esters is 3. The van der Waals surface area contributed by atoms with Gasteiger partial charge in [-0.25, -0.2) is 0 Å². The van der Waals surface area contributed by atoms with E-state index in [1.807, 2.05) is 33.5 Å². The van der Waals surface area contributed by atoms with Gasteiger partial charge in [0.1, 0.15) is 0 Å². The van der Waals surface area contributed by atoms with Crippen molar-refractivity contribution in [2.45, 2.75) is 102 Å². The van der Waals surface area contributed by atoms with Crippen molar-refractivity contribution in [1.82, 2.24) is 0 Å². The Morgan fingerprint density at radius 2 is 1.04 bits per heavy atom. The lowest BCUT2D eigenvalue weighted by Gasteiger charge is -2.37. The van der Waals surface area contributed by atoms with Gasteiger partial charge in [0.25, 0.3) is 0 Å². The van der Waals surface area contributed by atoms with Crippen LogP contribution in [-0.2, 0) is 28.6 Å². The van der Waals surface area contributed by atoms with Crippen molar-refractivity contribution in [3.05, 3.63) is 0 Å². The molecule has 3 unspecified atom stereocenters. The van der Waals surface area contributed by atoms with Gasteiger partial charge in [-0.2, -0.15) is 57.1 Å². The fourth-order valence-electron chi connectivity index (χ4n) is 3.32. The summed E-state index contributed by atoms with van der Waals surface area (Å²) < 4.78 is 183. The second-order valence-electron chi connectivity index (χ2n) is 12.4. The first kappa shape index (κ1) is 42.7. The Bertz CT molecular complexity index is 1030. The van der Waals surface area contributed by atoms with Gasteiger partial charge in [0.05, 0.1) is 18.4 Å². The third kappa shape index (κ3) is 11.2. The summed E-state index contributed by atoms with van der Waals surface area (Å²) in [7, 11) is -1.80. The molecule has 0 rings (SSSR count). The van der Waals surface area contributed by atoms with Crippen molar-refractivity contribution in [3.8, 4) is 0 Å². The molecule has 3 atom stereocenters. The molecule has 0 aliphatic heterocycles. The van der Waals surface area contributed by atoms with Crippen LogP contribution in [0.4, 0.5) is 57.1 Å². The van der Waals surface area contributed by atoms with E-state index >= 15 is 0 Å². The number of halogens is 13. The first-order chi connectivity index (χ1) is 19.6. The summed E-state index contributed by atoms with van der Waals surface area (Å²) in [6, 6.07) is 0. The predicted molar refractivity (Wildman–Crippen MR) is 133 cm³/mol. The summed E-state index contributed by atoms with van der Waals surface area (Å²) in [6.45, 7) is 4.27. The summed E-state index contributed by atoms with van der Waals surface area (Å²) in [5, 5.41) is -0.265. The van der Waals surface area contributed by atoms with Crippen LogP contribution in [0.15, 0.2) is 0 Å². The van der Waals surface area contributed by atoms with Crippen molar-refractivity contribution in [2.75, 3.05) is 19.8 Å². The van der Waals surface area contributed by atoms with E-state index in [2.05, 4.69) is 9.47 Å². The molecule has 45 heavy (non-hydrogen) atoms. The van der Waals surface area contributed by atoms with Crippen LogP contribution in [0, 0.1) is 17.3 Å². The molecule has 0 amide bonds. The van der Waals surface area contributed by atoms with Crippen molar-refractivity contribution in [3.63, 3.8) is 0 Å². The summed E-state index contributed by atoms with van der Waals surface area (Å²) >= 11 is 0. The summed E-state index contributed by atoms with van der Waals surface area (Å²) in [6.07, 6.45) is -19.7. The average molecular weight is 707 g/mol. The Labute approximate surface area is 251 Å². The zero-order chi connectivity index (χ0) is 36.3. The molecule has 0 saturated carbocycles. The van der Waals surface area contributed by atoms with Crippen LogP contribution in [0.2, 0.25) is 24.7 Å². The molecule has 0 fully saturated rings. The van der Waals surface area contributed by atoms with Gasteiger partial charge >= 0.3 is 48.3 Å². The van der Waals surface area contributed by atoms with Gasteiger partial charge in [-0.15, -0.1) is 0 Å². The van der Waals surface area contributed by atoms with E-state index in [1.54, 1.807) is 0 Å². The lowest BCUT2D eigenvalue weighted by atomic mass is 9.75. The zero-order valence-corrected chi connectivity index (χ0v) is 26.3. The molecule has 6 nitrogen and oxygen atoms in total. The number of rotatable bonds is 15. The van der Waals surface area contributed by atoms with Crippen LogP contribution in [0.3, 0.4) is 0 Å². The minimum absolute atomic E-state index is 0.0606. The molecular formula is C25H35F13O6Si. The number of ether oxygens (including phenoxy) is 3. The van der Waals surface area contributed by atoms with Crippen LogP contribution in [0.5, 0.6) is 0 Å². The van der Waals surface area contributed by atoms with Crippen LogP contribution >= 0.6 is 0 Å². The van der Waals surface area contributed by atoms with Gasteiger partial charge in [-0.05, 0) is 31.2 Å². The Hall–Kier alpha value is -2.28. The number of hydrogen-bond donors (Lipinski definition) is 0. The second-order valence-corrected chi connectivity index (χ2v) is 18.3. The normalized spacial score (nSPS) is 16.8. The third-order valence-electron chi connectivity index (χ3n) is 7.81. The molecule has 0 aliphatic carbocycles. The number of carbonyl (C=O) groups is 3. The van der Waals surface area contributed by atoms with Gasteiger partial charge in [0.2, 0.25) is 0 Å². The Balaban J connectivity index is 6.30. The van der Waals surface area contributed by atoms with E-state index in [1.165, 1.54) is 0 Å². The smallest absolute Gasteiger partial charge is 0.456 e. The third-order valence-corrected chi connectivity index (χ3v) is 12.1. The molecule has 0 radical (unpaired) electrons. The highest BCUT2D eigenvalue weighted by molar-refractivity contribution is 6.79. The SMILES string of the molecule is CC(C(=O)OCC(F)(F)C(F)(F)F)C(CC(C)(C(=O)OCCCC(C)(C)[Si](C)(C)C)C(F)(F)F)C(=O)OCC(F)(F)C(F)(F)F. The molecule has 0 N–H and O–H groups in total. The average Bonchev–Trinajstić information content (AvgIpc) is 2.83. The van der Waals surface area contributed by atoms with E-state index in [0.717, 1.165) is 0 Å². The molecule has 266 valence electrons. The highest BCUT2D eigenvalue weighted by Gasteiger charge is 2.62. The first-order valence-corrected chi connectivity index (χ1v) is 16.6. The Morgan fingerprint density at radius 1 is 0.644 bits per heavy atom. The van der Waals surface area contributed by atoms with Crippen molar-refractivity contribution < 1.29 is 85.7 Å². The van der Waals surface area contributed by atoms with Crippen molar-refractivity contribution in [2.24, 2.45) is 17.3 Å². The quantitative estimate of drug-likeness (QED) is 0.0563. The largest absolute Gasteiger partial charge is 0.465 e. The number of carbonyl (C=O) groups excluding carboxylic acids is 3. The highest BCUT2D eigenvalue weighted by Crippen LogP contribution is 2.47. The van der Waals surface area contributed by atoms with Gasteiger partial charge in [0.15, 0.2) is 18.6 Å². The minimum Gasteiger partial charge on any atom is -0.465 e. The summed E-state index contributed by atoms with van der Waals surface area (Å²) in [5.74, 6) is -23.4. The lowest BCUT2D eigenvalue weighted by Crippen LogP contribution is -2.49. The molecule has 0 spiro atoms. The molecule has 0 saturated heterocycles. The summed E-state index contributed by atoms with van der Waals surface area (Å²) in [4.78, 5) is 37.5. The highest BCUT2D eigenvalue weighted by atomic mass is 28.3. The van der Waals surface area contributed by atoms with Crippen molar-refractivity contribution in [1.29, 1.82) is 0 Å². The van der Waals surface area contributed by atoms with Crippen LogP contribution < -0.4 is 0 Å². The van der Waals surface area contributed by atoms with E-state index in [4.69, 9.17) is 4.74 Å². The first-order valence-electron chi connectivity index (χ1n) is 13.1. The predicted octanol–water partition coefficient (Wildman–Crippen LogP) is 8.12. The molecule has 0 heterocycles. The fourth-order valence-corrected chi connectivity index (χ4v) is 4.25. The molecule has 0 bridgehead atoms. The lowest BCUT2D eigenvalue weighted by molar-refractivity contribution is -0.295. The maximum atomic E-state index is 14.2. The maximum absolute atomic E-state index is 14.2. The molecule has 0 aliphatic rings. The van der Waals surface area contributed by atoms with Crippen LogP contribution in [-0.4, -0.2) is 76.2 Å². The monoisotopic (exact) mass is 706 g/mol. The second kappa shape index (κ2) is 14.2. The van der Waals surface area contributed by atoms with Gasteiger partial charge in [-0.3, -0.25) is 14.4 Å². The molecule has 0 aromatic heterocycles. The van der Waals surface area contributed by atoms with E-state index < -0.39 is 99.8 Å². The molecule has 0 aromatic carbocycles. The number of alkyl halides is 13. The minimum atomic E-state index is -6.31. The Morgan fingerprint density at radius 3 is 1.40 bits per heavy atom. The molecule has 20 heteroatoms. The topological polar surface area (TPSA) is 78.9 Å². The standard InChI is InChI=1S/C25H35F13O6Si/c1-14(16(39)43-12-21(26,27)24(33,34)35)15(17(40)44-13-22(28,29)25(36,37)38)11-20(4,23(30,31)32)18(41)42-10-8-9-19(2,3)45(5,6)7/h14-15H,8-13H2,1-7H3. The van der Waals surface area contributed by atoms with E-state index in [0.29, 0.717) is 13.3 Å². The molecular weight excluding hydrogens is 671 g/mol.